The molecule has 0 aliphatic carbocycles. The molecule has 0 aromatic carbocycles. The first-order chi connectivity index (χ1) is 13.2. The predicted molar refractivity (Wildman–Crippen MR) is 126 cm³/mol. The summed E-state index contributed by atoms with van der Waals surface area (Å²) in [6.45, 7) is 2.28. The van der Waals surface area contributed by atoms with E-state index in [9.17, 15) is 4.79 Å². The van der Waals surface area contributed by atoms with Crippen molar-refractivity contribution in [2.24, 2.45) is 0 Å². The first-order valence-electron chi connectivity index (χ1n) is 9.94. The largest absolute Gasteiger partial charge is 0.297 e. The fourth-order valence-corrected chi connectivity index (χ4v) is 7.63. The zero-order valence-corrected chi connectivity index (χ0v) is 19.9. The van der Waals surface area contributed by atoms with Gasteiger partial charge in [0.05, 0.1) is 4.88 Å². The van der Waals surface area contributed by atoms with Gasteiger partial charge in [-0.2, -0.15) is 0 Å². The van der Waals surface area contributed by atoms with Gasteiger partial charge in [-0.3, -0.25) is 4.79 Å². The number of aldehydes is 1. The fourth-order valence-electron chi connectivity index (χ4n) is 3.34. The molecule has 0 atom stereocenters. The van der Waals surface area contributed by atoms with Crippen LogP contribution in [-0.4, -0.2) is 6.29 Å². The van der Waals surface area contributed by atoms with Gasteiger partial charge < -0.3 is 0 Å². The third-order valence-electron chi connectivity index (χ3n) is 4.81. The second-order valence-corrected chi connectivity index (χ2v) is 11.5. The molecule has 5 heteroatoms. The van der Waals surface area contributed by atoms with Crippen LogP contribution >= 0.6 is 49.9 Å². The number of aryl methyl sites for hydroxylation is 1. The van der Waals surface area contributed by atoms with E-state index in [-0.39, 0.29) is 0 Å². The van der Waals surface area contributed by atoms with Crippen molar-refractivity contribution in [3.8, 4) is 0 Å². The van der Waals surface area contributed by atoms with E-state index >= 15 is 0 Å². The number of rotatable bonds is 12. The van der Waals surface area contributed by atoms with Gasteiger partial charge in [-0.25, -0.2) is 0 Å². The highest BCUT2D eigenvalue weighted by Crippen LogP contribution is 2.36. The summed E-state index contributed by atoms with van der Waals surface area (Å²) in [5, 5.41) is 0. The first-order valence-corrected chi connectivity index (χ1v) is 13.2. The van der Waals surface area contributed by atoms with Crippen LogP contribution < -0.4 is 0 Å². The molecule has 0 saturated heterocycles. The molecule has 0 bridgehead atoms. The van der Waals surface area contributed by atoms with Gasteiger partial charge in [0.1, 0.15) is 0 Å². The summed E-state index contributed by atoms with van der Waals surface area (Å²) in [6.07, 6.45) is 14.2. The quantitative estimate of drug-likeness (QED) is 0.186. The lowest BCUT2D eigenvalue weighted by Crippen LogP contribution is -1.83. The summed E-state index contributed by atoms with van der Waals surface area (Å²) in [5.74, 6) is 0. The summed E-state index contributed by atoms with van der Waals surface area (Å²) in [5.41, 5.74) is 0. The van der Waals surface area contributed by atoms with Gasteiger partial charge in [0, 0.05) is 34.9 Å². The van der Waals surface area contributed by atoms with Gasteiger partial charge >= 0.3 is 0 Å². The predicted octanol–water partition coefficient (Wildman–Crippen LogP) is 8.87. The third-order valence-corrected chi connectivity index (χ3v) is 9.20. The molecule has 3 aromatic heterocycles. The smallest absolute Gasteiger partial charge is 0.160 e. The number of thiophene rings is 3. The van der Waals surface area contributed by atoms with Crippen molar-refractivity contribution < 1.29 is 4.79 Å². The highest BCUT2D eigenvalue weighted by atomic mass is 79.9. The molecule has 0 radical (unpaired) electrons. The van der Waals surface area contributed by atoms with E-state index < -0.39 is 0 Å². The molecule has 3 aromatic rings. The zero-order valence-electron chi connectivity index (χ0n) is 15.9. The van der Waals surface area contributed by atoms with E-state index in [0.29, 0.717) is 0 Å². The van der Waals surface area contributed by atoms with E-state index in [2.05, 4.69) is 35.0 Å². The average Bonchev–Trinajstić information content (AvgIpc) is 3.31. The first kappa shape index (κ1) is 21.2. The molecule has 0 unspecified atom stereocenters. The number of fused-ring (bicyclic) bond motifs is 1. The van der Waals surface area contributed by atoms with Crippen molar-refractivity contribution >= 4 is 65.6 Å². The van der Waals surface area contributed by atoms with Crippen LogP contribution in [0.2, 0.25) is 0 Å². The number of carbonyl (C=O) groups is 1. The van der Waals surface area contributed by atoms with Crippen LogP contribution in [0.15, 0.2) is 22.7 Å². The van der Waals surface area contributed by atoms with Crippen molar-refractivity contribution in [2.75, 3.05) is 0 Å². The van der Waals surface area contributed by atoms with Crippen molar-refractivity contribution in [3.05, 3.63) is 42.2 Å². The van der Waals surface area contributed by atoms with E-state index in [1.54, 1.807) is 11.3 Å². The fraction of sp³-hybridized carbons (Fsp3) is 0.500. The molecule has 0 spiro atoms. The van der Waals surface area contributed by atoms with Crippen molar-refractivity contribution in [1.29, 1.82) is 0 Å². The van der Waals surface area contributed by atoms with E-state index in [4.69, 9.17) is 0 Å². The molecule has 3 rings (SSSR count). The number of hydrogen-bond donors (Lipinski definition) is 0. The Hall–Kier alpha value is -0.490. The van der Waals surface area contributed by atoms with Gasteiger partial charge in [-0.15, -0.1) is 34.0 Å². The Labute approximate surface area is 182 Å². The summed E-state index contributed by atoms with van der Waals surface area (Å²) in [7, 11) is 0. The summed E-state index contributed by atoms with van der Waals surface area (Å²) < 4.78 is 3.74. The van der Waals surface area contributed by atoms with E-state index in [1.807, 2.05) is 28.7 Å². The van der Waals surface area contributed by atoms with Crippen LogP contribution in [0.4, 0.5) is 0 Å². The lowest BCUT2D eigenvalue weighted by Gasteiger charge is -2.00. The van der Waals surface area contributed by atoms with Crippen LogP contribution in [0.1, 0.15) is 82.6 Å². The van der Waals surface area contributed by atoms with Crippen LogP contribution in [0, 0.1) is 0 Å². The monoisotopic (exact) mass is 482 g/mol. The van der Waals surface area contributed by atoms with E-state index in [1.165, 1.54) is 86.3 Å². The Balaban J connectivity index is 1.45. The summed E-state index contributed by atoms with van der Waals surface area (Å²) in [4.78, 5) is 16.0. The minimum absolute atomic E-state index is 0.827. The molecule has 27 heavy (non-hydrogen) atoms. The minimum Gasteiger partial charge on any atom is -0.297 e. The molecule has 0 aliphatic rings. The molecular formula is C22H27BrOS3. The maximum Gasteiger partial charge on any atom is 0.160 e. The van der Waals surface area contributed by atoms with Gasteiger partial charge in [0.15, 0.2) is 6.29 Å². The summed E-state index contributed by atoms with van der Waals surface area (Å²) in [6, 6.07) is 6.59. The summed E-state index contributed by atoms with van der Waals surface area (Å²) >= 11 is 9.13. The molecule has 0 fully saturated rings. The second-order valence-electron chi connectivity index (χ2n) is 7.09. The number of carbonyl (C=O) groups excluding carboxylic acids is 1. The molecular weight excluding hydrogens is 456 g/mol. The molecule has 0 aliphatic heterocycles. The number of unbranched alkanes of at least 4 members (excludes halogenated alkanes) is 7. The maximum atomic E-state index is 10.9. The van der Waals surface area contributed by atoms with Gasteiger partial charge in [0.2, 0.25) is 0 Å². The highest BCUT2D eigenvalue weighted by Gasteiger charge is 2.11. The minimum atomic E-state index is 0.827. The standard InChI is InChI=1S/C22H27BrOS3/c1-2-3-4-5-6-7-8-9-10-16-11-19(23)20(25-16)12-17-13-21-22(26-17)14-18(15-24)27-21/h11,13-15H,2-10,12H2,1H3. The second kappa shape index (κ2) is 10.9. The molecule has 0 amide bonds. The van der Waals surface area contributed by atoms with Crippen molar-refractivity contribution in [3.63, 3.8) is 0 Å². The Morgan fingerprint density at radius 3 is 2.26 bits per heavy atom. The Morgan fingerprint density at radius 2 is 1.56 bits per heavy atom. The Kier molecular flexibility index (Phi) is 8.56. The molecule has 146 valence electrons. The number of hydrogen-bond acceptors (Lipinski definition) is 4. The van der Waals surface area contributed by atoms with Crippen molar-refractivity contribution in [1.82, 2.24) is 0 Å². The van der Waals surface area contributed by atoms with E-state index in [0.717, 1.165) is 17.6 Å². The normalized spacial score (nSPS) is 11.5. The van der Waals surface area contributed by atoms with Crippen LogP contribution in [-0.2, 0) is 12.8 Å². The Morgan fingerprint density at radius 1 is 0.852 bits per heavy atom. The highest BCUT2D eigenvalue weighted by molar-refractivity contribution is 9.10. The zero-order chi connectivity index (χ0) is 19.1. The number of halogens is 1. The Bertz CT molecular complexity index is 827. The molecule has 0 N–H and O–H groups in total. The van der Waals surface area contributed by atoms with Crippen LogP contribution in [0.25, 0.3) is 9.40 Å². The molecule has 3 heterocycles. The van der Waals surface area contributed by atoms with Crippen LogP contribution in [0.3, 0.4) is 0 Å². The van der Waals surface area contributed by atoms with Gasteiger partial charge in [-0.1, -0.05) is 51.9 Å². The molecule has 0 saturated carbocycles. The lowest BCUT2D eigenvalue weighted by molar-refractivity contribution is 0.112. The molecule has 1 nitrogen and oxygen atoms in total. The topological polar surface area (TPSA) is 17.1 Å². The van der Waals surface area contributed by atoms with Crippen molar-refractivity contribution in [2.45, 2.75) is 71.1 Å². The van der Waals surface area contributed by atoms with Gasteiger partial charge in [-0.05, 0) is 47.0 Å². The lowest BCUT2D eigenvalue weighted by atomic mass is 10.1. The SMILES string of the molecule is CCCCCCCCCCc1cc(Br)c(Cc2cc3sc(C=O)cc3s2)s1. The third kappa shape index (κ3) is 6.25. The van der Waals surface area contributed by atoms with Gasteiger partial charge in [0.25, 0.3) is 0 Å². The average molecular weight is 484 g/mol. The van der Waals surface area contributed by atoms with Crippen LogP contribution in [0.5, 0.6) is 0 Å². The maximum absolute atomic E-state index is 10.9.